The standard InChI is InChI=1S/C18H18ClN5O3/c1-26-15-10-14(16(27-2)9-13(15)19)23-18(25)21-11-12-4-6-20-17(8-12)24-7-3-5-22-24/h3-10H,11H2,1-2H3,(H2,21,23,25). The zero-order valence-electron chi connectivity index (χ0n) is 14.8. The largest absolute Gasteiger partial charge is 0.495 e. The molecule has 0 atom stereocenters. The van der Waals surface area contributed by atoms with E-state index in [1.54, 1.807) is 35.4 Å². The lowest BCUT2D eigenvalue weighted by molar-refractivity contribution is 0.251. The van der Waals surface area contributed by atoms with Crippen LogP contribution < -0.4 is 20.1 Å². The predicted octanol–water partition coefficient (Wildman–Crippen LogP) is 3.26. The summed E-state index contributed by atoms with van der Waals surface area (Å²) in [5, 5.41) is 10.0. The van der Waals surface area contributed by atoms with Crippen molar-refractivity contribution in [2.75, 3.05) is 19.5 Å². The Morgan fingerprint density at radius 2 is 2.00 bits per heavy atom. The summed E-state index contributed by atoms with van der Waals surface area (Å²) in [7, 11) is 2.99. The number of nitrogens with one attached hydrogen (secondary N) is 2. The third-order valence-corrected chi connectivity index (χ3v) is 4.02. The molecule has 2 heterocycles. The lowest BCUT2D eigenvalue weighted by Crippen LogP contribution is -2.28. The monoisotopic (exact) mass is 387 g/mol. The fourth-order valence-electron chi connectivity index (χ4n) is 2.41. The number of halogens is 1. The van der Waals surface area contributed by atoms with Crippen molar-refractivity contribution in [2.24, 2.45) is 0 Å². The Morgan fingerprint density at radius 3 is 2.70 bits per heavy atom. The van der Waals surface area contributed by atoms with Crippen LogP contribution in [0.1, 0.15) is 5.56 Å². The summed E-state index contributed by atoms with van der Waals surface area (Å²) in [4.78, 5) is 16.5. The Bertz CT molecular complexity index is 931. The number of benzene rings is 1. The van der Waals surface area contributed by atoms with Gasteiger partial charge in [0, 0.05) is 37.3 Å². The summed E-state index contributed by atoms with van der Waals surface area (Å²) in [5.41, 5.74) is 1.33. The van der Waals surface area contributed by atoms with Crippen LogP contribution in [0.25, 0.3) is 5.82 Å². The minimum Gasteiger partial charge on any atom is -0.495 e. The first-order chi connectivity index (χ1) is 13.1. The third kappa shape index (κ3) is 4.48. The fraction of sp³-hybridized carbons (Fsp3) is 0.167. The summed E-state index contributed by atoms with van der Waals surface area (Å²) in [6.45, 7) is 0.315. The number of methoxy groups -OCH3 is 2. The number of amides is 2. The zero-order valence-corrected chi connectivity index (χ0v) is 15.5. The molecule has 0 spiro atoms. The number of ether oxygens (including phenoxy) is 2. The Kier molecular flexibility index (Phi) is 5.77. The van der Waals surface area contributed by atoms with Gasteiger partial charge in [-0.15, -0.1) is 0 Å². The average molecular weight is 388 g/mol. The van der Waals surface area contributed by atoms with Crippen LogP contribution in [-0.4, -0.2) is 35.0 Å². The van der Waals surface area contributed by atoms with Gasteiger partial charge in [0.1, 0.15) is 11.5 Å². The SMILES string of the molecule is COc1cc(NC(=O)NCc2ccnc(-n3cccn3)c2)c(OC)cc1Cl. The molecule has 2 N–H and O–H groups in total. The van der Waals surface area contributed by atoms with Crippen molar-refractivity contribution >= 4 is 23.3 Å². The van der Waals surface area contributed by atoms with Crippen LogP contribution in [0.4, 0.5) is 10.5 Å². The normalized spacial score (nSPS) is 10.3. The number of hydrogen-bond donors (Lipinski definition) is 2. The summed E-state index contributed by atoms with van der Waals surface area (Å²) in [6, 6.07) is 8.26. The van der Waals surface area contributed by atoms with Crippen LogP contribution >= 0.6 is 11.6 Å². The second kappa shape index (κ2) is 8.41. The number of pyridine rings is 1. The molecule has 1 aromatic carbocycles. The molecule has 0 bridgehead atoms. The minimum atomic E-state index is -0.393. The van der Waals surface area contributed by atoms with Gasteiger partial charge >= 0.3 is 6.03 Å². The number of carbonyl (C=O) groups is 1. The predicted molar refractivity (Wildman–Crippen MR) is 102 cm³/mol. The maximum absolute atomic E-state index is 12.3. The Hall–Kier alpha value is -3.26. The van der Waals surface area contributed by atoms with Crippen LogP contribution in [0.3, 0.4) is 0 Å². The lowest BCUT2D eigenvalue weighted by Gasteiger charge is -2.14. The van der Waals surface area contributed by atoms with Crippen LogP contribution in [0.15, 0.2) is 48.9 Å². The smallest absolute Gasteiger partial charge is 0.319 e. The van der Waals surface area contributed by atoms with Gasteiger partial charge < -0.3 is 20.1 Å². The molecule has 0 aliphatic heterocycles. The van der Waals surface area contributed by atoms with E-state index in [2.05, 4.69) is 20.7 Å². The second-order valence-corrected chi connectivity index (χ2v) is 5.87. The van der Waals surface area contributed by atoms with Gasteiger partial charge in [-0.3, -0.25) is 0 Å². The van der Waals surface area contributed by atoms with Gasteiger partial charge in [-0.25, -0.2) is 14.5 Å². The molecule has 2 aromatic heterocycles. The second-order valence-electron chi connectivity index (χ2n) is 5.47. The number of rotatable bonds is 6. The highest BCUT2D eigenvalue weighted by Crippen LogP contribution is 2.35. The lowest BCUT2D eigenvalue weighted by atomic mass is 10.2. The van der Waals surface area contributed by atoms with Gasteiger partial charge in [0.15, 0.2) is 5.82 Å². The van der Waals surface area contributed by atoms with E-state index in [1.807, 2.05) is 18.2 Å². The Balaban J connectivity index is 1.66. The summed E-state index contributed by atoms with van der Waals surface area (Å²) >= 11 is 6.07. The molecule has 27 heavy (non-hydrogen) atoms. The molecule has 0 saturated heterocycles. The van der Waals surface area contributed by atoms with Crippen LogP contribution in [0, 0.1) is 0 Å². The quantitative estimate of drug-likeness (QED) is 0.677. The molecule has 140 valence electrons. The molecule has 2 amide bonds. The first-order valence-electron chi connectivity index (χ1n) is 8.02. The van der Waals surface area contributed by atoms with Gasteiger partial charge in [-0.1, -0.05) is 11.6 Å². The van der Waals surface area contributed by atoms with Gasteiger partial charge in [0.25, 0.3) is 0 Å². The number of aromatic nitrogens is 3. The maximum atomic E-state index is 12.3. The summed E-state index contributed by atoms with van der Waals surface area (Å²) in [6.07, 6.45) is 5.14. The van der Waals surface area contributed by atoms with E-state index in [0.717, 1.165) is 5.56 Å². The highest BCUT2D eigenvalue weighted by molar-refractivity contribution is 6.32. The molecule has 0 saturated carbocycles. The Morgan fingerprint density at radius 1 is 1.19 bits per heavy atom. The first-order valence-corrected chi connectivity index (χ1v) is 8.40. The number of urea groups is 1. The highest BCUT2D eigenvalue weighted by Gasteiger charge is 2.12. The molecule has 9 heteroatoms. The van der Waals surface area contributed by atoms with E-state index in [4.69, 9.17) is 21.1 Å². The molecule has 0 fully saturated rings. The van der Waals surface area contributed by atoms with Crippen molar-refractivity contribution in [3.05, 3.63) is 59.5 Å². The zero-order chi connectivity index (χ0) is 19.2. The fourth-order valence-corrected chi connectivity index (χ4v) is 2.64. The number of anilines is 1. The van der Waals surface area contributed by atoms with Crippen molar-refractivity contribution in [3.63, 3.8) is 0 Å². The molecule has 3 aromatic rings. The molecular weight excluding hydrogens is 370 g/mol. The molecule has 0 unspecified atom stereocenters. The summed E-state index contributed by atoms with van der Waals surface area (Å²) < 4.78 is 12.1. The van der Waals surface area contributed by atoms with Crippen LogP contribution in [0.5, 0.6) is 11.5 Å². The van der Waals surface area contributed by atoms with Gasteiger partial charge in [0.05, 0.1) is 24.9 Å². The van der Waals surface area contributed by atoms with E-state index >= 15 is 0 Å². The van der Waals surface area contributed by atoms with E-state index in [0.29, 0.717) is 34.6 Å². The molecule has 8 nitrogen and oxygen atoms in total. The van der Waals surface area contributed by atoms with Crippen molar-refractivity contribution in [2.45, 2.75) is 6.54 Å². The third-order valence-electron chi connectivity index (χ3n) is 3.72. The summed E-state index contributed by atoms with van der Waals surface area (Å²) in [5.74, 6) is 1.54. The molecule has 0 aliphatic carbocycles. The van der Waals surface area contributed by atoms with Crippen molar-refractivity contribution in [1.82, 2.24) is 20.1 Å². The van der Waals surface area contributed by atoms with Crippen LogP contribution in [-0.2, 0) is 6.54 Å². The molecule has 3 rings (SSSR count). The van der Waals surface area contributed by atoms with Gasteiger partial charge in [-0.2, -0.15) is 5.10 Å². The van der Waals surface area contributed by atoms with Crippen molar-refractivity contribution in [1.29, 1.82) is 0 Å². The van der Waals surface area contributed by atoms with E-state index in [-0.39, 0.29) is 0 Å². The molecule has 0 aliphatic rings. The van der Waals surface area contributed by atoms with Gasteiger partial charge in [0.2, 0.25) is 0 Å². The number of carbonyl (C=O) groups excluding carboxylic acids is 1. The van der Waals surface area contributed by atoms with E-state index < -0.39 is 6.03 Å². The Labute approximate surface area is 161 Å². The van der Waals surface area contributed by atoms with Crippen molar-refractivity contribution < 1.29 is 14.3 Å². The van der Waals surface area contributed by atoms with E-state index in [1.165, 1.54) is 14.2 Å². The maximum Gasteiger partial charge on any atom is 0.319 e. The number of nitrogens with zero attached hydrogens (tertiary/aromatic N) is 3. The topological polar surface area (TPSA) is 90.3 Å². The van der Waals surface area contributed by atoms with Gasteiger partial charge in [-0.05, 0) is 23.8 Å². The molecule has 0 radical (unpaired) electrons. The first kappa shape index (κ1) is 18.5. The minimum absolute atomic E-state index is 0.315. The van der Waals surface area contributed by atoms with Crippen molar-refractivity contribution in [3.8, 4) is 17.3 Å². The molecular formula is C18H18ClN5O3. The highest BCUT2D eigenvalue weighted by atomic mass is 35.5. The van der Waals surface area contributed by atoms with Crippen LogP contribution in [0.2, 0.25) is 5.02 Å². The van der Waals surface area contributed by atoms with E-state index in [9.17, 15) is 4.79 Å². The average Bonchev–Trinajstić information content (AvgIpc) is 3.22. The number of hydrogen-bond acceptors (Lipinski definition) is 5.